The number of aliphatic hydroxyl groups is 1. The van der Waals surface area contributed by atoms with Gasteiger partial charge in [-0.1, -0.05) is 30.3 Å². The number of carbonyl (C=O) groups is 1. The Morgan fingerprint density at radius 2 is 2.00 bits per heavy atom. The first kappa shape index (κ1) is 17.0. The van der Waals surface area contributed by atoms with Crippen LogP contribution in [-0.4, -0.2) is 36.7 Å². The van der Waals surface area contributed by atoms with Crippen LogP contribution in [0.4, 0.5) is 5.82 Å². The number of benzene rings is 1. The number of carbonyl (C=O) groups excluding carboxylic acids is 1. The zero-order valence-corrected chi connectivity index (χ0v) is 13.6. The van der Waals surface area contributed by atoms with E-state index in [0.717, 1.165) is 11.4 Å². The third-order valence-corrected chi connectivity index (χ3v) is 3.62. The van der Waals surface area contributed by atoms with Crippen LogP contribution in [0.25, 0.3) is 0 Å². The minimum atomic E-state index is -0.137. The Bertz CT molecular complexity index is 629. The summed E-state index contributed by atoms with van der Waals surface area (Å²) in [6.45, 7) is 0.110. The van der Waals surface area contributed by atoms with Crippen LogP contribution < -0.4 is 10.2 Å². The Morgan fingerprint density at radius 1 is 1.26 bits per heavy atom. The largest absolute Gasteiger partial charge is 0.396 e. The van der Waals surface area contributed by atoms with Crippen LogP contribution in [0.3, 0.4) is 0 Å². The molecule has 0 aliphatic heterocycles. The van der Waals surface area contributed by atoms with Crippen molar-refractivity contribution in [2.45, 2.75) is 18.9 Å². The number of amides is 1. The molecular weight excluding hydrogens is 290 g/mol. The molecule has 1 aromatic heterocycles. The van der Waals surface area contributed by atoms with Crippen molar-refractivity contribution in [1.29, 1.82) is 0 Å². The summed E-state index contributed by atoms with van der Waals surface area (Å²) in [5, 5.41) is 12.1. The summed E-state index contributed by atoms with van der Waals surface area (Å²) in [5.74, 6) is 0.603. The first-order chi connectivity index (χ1) is 11.1. The molecule has 1 unspecified atom stereocenters. The number of aromatic nitrogens is 1. The lowest BCUT2D eigenvalue weighted by Crippen LogP contribution is -2.29. The maximum absolute atomic E-state index is 12.5. The number of nitrogens with zero attached hydrogens (tertiary/aromatic N) is 2. The normalized spacial score (nSPS) is 11.8. The quantitative estimate of drug-likeness (QED) is 0.824. The van der Waals surface area contributed by atoms with Crippen LogP contribution in [0, 0.1) is 0 Å². The molecular formula is C18H23N3O2. The molecule has 2 rings (SSSR count). The Morgan fingerprint density at radius 3 is 2.65 bits per heavy atom. The van der Waals surface area contributed by atoms with Crippen molar-refractivity contribution >= 4 is 11.7 Å². The van der Waals surface area contributed by atoms with Gasteiger partial charge < -0.3 is 15.3 Å². The van der Waals surface area contributed by atoms with Crippen molar-refractivity contribution < 1.29 is 9.90 Å². The van der Waals surface area contributed by atoms with E-state index in [-0.39, 0.29) is 18.6 Å². The number of anilines is 1. The fourth-order valence-electron chi connectivity index (χ4n) is 2.35. The maximum atomic E-state index is 12.5. The summed E-state index contributed by atoms with van der Waals surface area (Å²) in [6.07, 6.45) is 2.96. The highest BCUT2D eigenvalue weighted by atomic mass is 16.3. The molecule has 1 amide bonds. The van der Waals surface area contributed by atoms with Crippen molar-refractivity contribution in [3.63, 3.8) is 0 Å². The minimum absolute atomic E-state index is 0.110. The van der Waals surface area contributed by atoms with E-state index in [9.17, 15) is 4.79 Å². The summed E-state index contributed by atoms with van der Waals surface area (Å²) >= 11 is 0. The minimum Gasteiger partial charge on any atom is -0.396 e. The summed E-state index contributed by atoms with van der Waals surface area (Å²) in [4.78, 5) is 18.6. The predicted octanol–water partition coefficient (Wildman–Crippen LogP) is 2.39. The van der Waals surface area contributed by atoms with Gasteiger partial charge in [0.25, 0.3) is 5.91 Å². The number of aliphatic hydroxyl groups excluding tert-OH is 1. The van der Waals surface area contributed by atoms with Crippen molar-refractivity contribution in [1.82, 2.24) is 10.3 Å². The second-order valence-corrected chi connectivity index (χ2v) is 5.60. The Hall–Kier alpha value is -2.40. The third-order valence-electron chi connectivity index (χ3n) is 3.62. The van der Waals surface area contributed by atoms with E-state index >= 15 is 0 Å². The highest BCUT2D eigenvalue weighted by Gasteiger charge is 2.16. The van der Waals surface area contributed by atoms with Gasteiger partial charge in [-0.15, -0.1) is 0 Å². The number of nitrogens with one attached hydrogen (secondary N) is 1. The summed E-state index contributed by atoms with van der Waals surface area (Å²) in [6, 6.07) is 13.2. The van der Waals surface area contributed by atoms with Crippen LogP contribution >= 0.6 is 0 Å². The second-order valence-electron chi connectivity index (χ2n) is 5.60. The molecule has 1 aromatic carbocycles. The molecule has 0 aliphatic rings. The SMILES string of the molecule is CN(C)c1cc(C(=O)NC(CCCO)c2ccccc2)ccn1. The van der Waals surface area contributed by atoms with Gasteiger partial charge in [0.15, 0.2) is 0 Å². The molecule has 0 spiro atoms. The first-order valence-corrected chi connectivity index (χ1v) is 7.72. The average molecular weight is 313 g/mol. The van der Waals surface area contributed by atoms with Crippen LogP contribution in [0.1, 0.15) is 34.8 Å². The van der Waals surface area contributed by atoms with Gasteiger partial charge in [-0.05, 0) is 30.5 Å². The molecule has 2 aromatic rings. The molecule has 1 atom stereocenters. The van der Waals surface area contributed by atoms with E-state index in [1.807, 2.05) is 49.3 Å². The molecule has 122 valence electrons. The topological polar surface area (TPSA) is 65.5 Å². The van der Waals surface area contributed by atoms with Gasteiger partial charge in [0, 0.05) is 32.5 Å². The maximum Gasteiger partial charge on any atom is 0.251 e. The van der Waals surface area contributed by atoms with Gasteiger partial charge in [0.1, 0.15) is 5.82 Å². The van der Waals surface area contributed by atoms with Crippen molar-refractivity contribution in [2.24, 2.45) is 0 Å². The molecule has 0 fully saturated rings. The van der Waals surface area contributed by atoms with Gasteiger partial charge >= 0.3 is 0 Å². The number of pyridine rings is 1. The van der Waals surface area contributed by atoms with E-state index in [0.29, 0.717) is 18.4 Å². The van der Waals surface area contributed by atoms with Gasteiger partial charge in [-0.3, -0.25) is 4.79 Å². The zero-order chi connectivity index (χ0) is 16.7. The van der Waals surface area contributed by atoms with Crippen LogP contribution in [0.2, 0.25) is 0 Å². The summed E-state index contributed by atoms with van der Waals surface area (Å²) in [7, 11) is 3.77. The average Bonchev–Trinajstić information content (AvgIpc) is 2.59. The van der Waals surface area contributed by atoms with Crippen LogP contribution in [0.5, 0.6) is 0 Å². The summed E-state index contributed by atoms with van der Waals surface area (Å²) in [5.41, 5.74) is 1.62. The smallest absolute Gasteiger partial charge is 0.251 e. The predicted molar refractivity (Wildman–Crippen MR) is 91.5 cm³/mol. The molecule has 2 N–H and O–H groups in total. The standard InChI is InChI=1S/C18H23N3O2/c1-21(2)17-13-15(10-11-19-17)18(23)20-16(9-6-12-22)14-7-4-3-5-8-14/h3-5,7-8,10-11,13,16,22H,6,9,12H2,1-2H3,(H,20,23). The van der Waals surface area contributed by atoms with Crippen molar-refractivity contribution in [3.05, 3.63) is 59.8 Å². The lowest BCUT2D eigenvalue weighted by Gasteiger charge is -2.19. The van der Waals surface area contributed by atoms with Gasteiger partial charge in [0.2, 0.25) is 0 Å². The number of hydrogen-bond acceptors (Lipinski definition) is 4. The molecule has 0 aliphatic carbocycles. The van der Waals surface area contributed by atoms with Gasteiger partial charge in [-0.25, -0.2) is 4.98 Å². The van der Waals surface area contributed by atoms with Gasteiger partial charge in [-0.2, -0.15) is 0 Å². The first-order valence-electron chi connectivity index (χ1n) is 7.72. The zero-order valence-electron chi connectivity index (χ0n) is 13.6. The monoisotopic (exact) mass is 313 g/mol. The van der Waals surface area contributed by atoms with E-state index in [1.165, 1.54) is 0 Å². The summed E-state index contributed by atoms with van der Waals surface area (Å²) < 4.78 is 0. The fourth-order valence-corrected chi connectivity index (χ4v) is 2.35. The molecule has 0 saturated heterocycles. The Labute approximate surface area is 137 Å². The molecule has 0 saturated carbocycles. The Balaban J connectivity index is 2.15. The molecule has 0 radical (unpaired) electrons. The lowest BCUT2D eigenvalue weighted by molar-refractivity contribution is 0.0932. The second kappa shape index (κ2) is 8.29. The molecule has 5 heteroatoms. The van der Waals surface area contributed by atoms with Gasteiger partial charge in [0.05, 0.1) is 6.04 Å². The van der Waals surface area contributed by atoms with E-state index in [2.05, 4.69) is 10.3 Å². The highest BCUT2D eigenvalue weighted by molar-refractivity contribution is 5.95. The van der Waals surface area contributed by atoms with E-state index in [1.54, 1.807) is 18.3 Å². The molecule has 23 heavy (non-hydrogen) atoms. The van der Waals surface area contributed by atoms with E-state index < -0.39 is 0 Å². The number of rotatable bonds is 7. The van der Waals surface area contributed by atoms with Crippen LogP contribution in [0.15, 0.2) is 48.7 Å². The van der Waals surface area contributed by atoms with Crippen molar-refractivity contribution in [2.75, 3.05) is 25.6 Å². The van der Waals surface area contributed by atoms with Crippen molar-refractivity contribution in [3.8, 4) is 0 Å². The third kappa shape index (κ3) is 4.79. The lowest BCUT2D eigenvalue weighted by atomic mass is 10.0. The molecule has 0 bridgehead atoms. The number of hydrogen-bond donors (Lipinski definition) is 2. The van der Waals surface area contributed by atoms with Crippen LogP contribution in [-0.2, 0) is 0 Å². The Kier molecular flexibility index (Phi) is 6.11. The molecule has 5 nitrogen and oxygen atoms in total. The fraction of sp³-hybridized carbons (Fsp3) is 0.333. The highest BCUT2D eigenvalue weighted by Crippen LogP contribution is 2.19. The van der Waals surface area contributed by atoms with E-state index in [4.69, 9.17) is 5.11 Å². The molecule has 1 heterocycles.